The van der Waals surface area contributed by atoms with Gasteiger partial charge < -0.3 is 87.4 Å². The van der Waals surface area contributed by atoms with Crippen LogP contribution in [0.1, 0.15) is 134 Å². The van der Waals surface area contributed by atoms with E-state index in [2.05, 4.69) is 58.3 Å². The number of oxime groups is 1. The highest BCUT2D eigenvalue weighted by Crippen LogP contribution is 2.22. The highest BCUT2D eigenvalue weighted by molar-refractivity contribution is 7.98. The molecule has 12 N–H and O–H groups in total. The molecule has 9 aromatic rings. The van der Waals surface area contributed by atoms with Gasteiger partial charge in [-0.05, 0) is 153 Å². The summed E-state index contributed by atoms with van der Waals surface area (Å²) in [5, 5.41) is 43.7. The zero-order chi connectivity index (χ0) is 101. The molecule has 0 saturated carbocycles. The molecule has 2 unspecified atom stereocenters. The third-order valence-electron chi connectivity index (χ3n) is 23.0. The van der Waals surface area contributed by atoms with E-state index in [1.165, 1.54) is 43.0 Å². The standard InChI is InChI=1S/C107H131N13O19S/c1-10-72(4)94(103(128)111-87(57-62-140-9)105(130)139-119-96(83-51-37-71(3)38-52-83)84-53-55-85(56-54-84)120(132)133)117-100(125)90(63-78-31-21-14-22-32-78)112-99(124)89(65-80-49-45-77(46-50-80)42-40-75-29-19-13-20-30-75)113-101(126)91(66-108)114-104(129)95(73(5)137-68-82-35-25-16-26-36-82)118-102(127)92(69-136-67-81-33-23-15-24-34-81)115-98(123)88(64-79-47-43-76(44-48-79)41-39-74-27-17-12-18-28-74)110-93(121)70-135-61-60-134-59-58-109-97(122)86(11-2)116-106(131)138-107(6,7)8/h12-38,43-56,72-73,86-92,94-95H,10-11,39-42,57-70,108H2,1-9H3,(H,109,122)(H,110,121)(H,111,128)(H,112,124)(H,113,126)(H,114,129)(H,115,123)(H,116,131)(H,117,125)(H,118,127)/b119-96-/t72?,73?,86-,87-,88-,89-,90-,91-,92-,94-,95-/m0/s1. The van der Waals surface area contributed by atoms with E-state index in [-0.39, 0.29) is 76.7 Å². The summed E-state index contributed by atoms with van der Waals surface area (Å²) in [7, 11) is 0. The minimum atomic E-state index is -1.69. The molecule has 0 saturated heterocycles. The minimum Gasteiger partial charge on any atom is -0.444 e. The van der Waals surface area contributed by atoms with Crippen molar-refractivity contribution in [3.63, 3.8) is 0 Å². The Bertz CT molecular complexity index is 5460. The van der Waals surface area contributed by atoms with Crippen LogP contribution in [0.5, 0.6) is 0 Å². The van der Waals surface area contributed by atoms with Gasteiger partial charge in [-0.1, -0.05) is 262 Å². The quantitative estimate of drug-likeness (QED) is 0.00554. The summed E-state index contributed by atoms with van der Waals surface area (Å²) in [5.74, 6) is -8.54. The lowest BCUT2D eigenvalue weighted by atomic mass is 9.96. The van der Waals surface area contributed by atoms with Crippen molar-refractivity contribution < 1.29 is 86.2 Å². The van der Waals surface area contributed by atoms with Gasteiger partial charge in [-0.2, -0.15) is 11.8 Å². The predicted octanol–water partition coefficient (Wildman–Crippen LogP) is 10.4. The number of amides is 10. The molecule has 0 aromatic heterocycles. The molecule has 10 amide bonds. The molecular weight excluding hydrogens is 1800 g/mol. The molecule has 0 aliphatic heterocycles. The highest BCUT2D eigenvalue weighted by atomic mass is 32.2. The Labute approximate surface area is 822 Å². The van der Waals surface area contributed by atoms with Crippen molar-refractivity contribution in [3.05, 3.63) is 326 Å². The van der Waals surface area contributed by atoms with Gasteiger partial charge in [0, 0.05) is 55.6 Å². The number of nitro groups is 1. The number of nitrogens with two attached hydrogens (primary N) is 1. The van der Waals surface area contributed by atoms with Gasteiger partial charge in [-0.25, -0.2) is 9.59 Å². The van der Waals surface area contributed by atoms with Gasteiger partial charge in [0.1, 0.15) is 72.3 Å². The highest BCUT2D eigenvalue weighted by Gasteiger charge is 2.39. The molecule has 9 rings (SSSR count). The van der Waals surface area contributed by atoms with E-state index in [9.17, 15) is 34.1 Å². The fourth-order valence-corrected chi connectivity index (χ4v) is 15.3. The number of carbonyl (C=O) groups is 11. The number of hydrogen-bond donors (Lipinski definition) is 11. The van der Waals surface area contributed by atoms with Crippen LogP contribution >= 0.6 is 11.8 Å². The van der Waals surface area contributed by atoms with E-state index >= 15 is 28.8 Å². The SMILES string of the molecule is CCC(C)[C@H](NC(=O)[C@H](Cc1ccccc1)NC(=O)[C@H](Cc1ccc(CCc2ccccc2)cc1)NC(=O)[C@H](CN)NC(=O)[C@@H](NC(=O)[C@H](COCc1ccccc1)NC(=O)[C@H](Cc1ccc(CCc2ccccc2)cc1)NC(=O)COCCOCCNC(=O)[C@H](CC)NC(=O)OC(C)(C)C)C(C)OCc1ccccc1)C(=O)N[C@@H](CCSC)C(=O)O/N=C(/c1ccc(C)cc1)c1ccc([N+](=O)[O-])cc1. The third-order valence-corrected chi connectivity index (χ3v) is 23.6. The van der Waals surface area contributed by atoms with Gasteiger partial charge in [0.2, 0.25) is 53.2 Å². The number of aryl methyl sites for hydroxylation is 5. The van der Waals surface area contributed by atoms with Crippen LogP contribution in [0.2, 0.25) is 0 Å². The van der Waals surface area contributed by atoms with Crippen molar-refractivity contribution in [3.8, 4) is 0 Å². The third kappa shape index (κ3) is 38.2. The predicted molar refractivity (Wildman–Crippen MR) is 536 cm³/mol. The Kier molecular flexibility index (Phi) is 45.6. The first-order valence-electron chi connectivity index (χ1n) is 47.1. The molecule has 0 heterocycles. The fourth-order valence-electron chi connectivity index (χ4n) is 14.8. The Hall–Kier alpha value is -13.8. The first kappa shape index (κ1) is 110. The number of thioether (sulfide) groups is 1. The number of alkyl carbamates (subject to hydrolysis) is 1. The monoisotopic (exact) mass is 1930 g/mol. The number of carbonyl (C=O) groups excluding carboxylic acids is 11. The van der Waals surface area contributed by atoms with E-state index in [1.807, 2.05) is 154 Å². The zero-order valence-corrected chi connectivity index (χ0v) is 81.6. The molecule has 9 aromatic carbocycles. The maximum atomic E-state index is 15.6. The first-order valence-corrected chi connectivity index (χ1v) is 48.5. The normalized spacial score (nSPS) is 13.7. The summed E-state index contributed by atoms with van der Waals surface area (Å²) in [5.41, 5.74) is 15.0. The van der Waals surface area contributed by atoms with Crippen molar-refractivity contribution in [1.82, 2.24) is 53.2 Å². The molecule has 0 fully saturated rings. The second-order valence-electron chi connectivity index (χ2n) is 35.1. The summed E-state index contributed by atoms with van der Waals surface area (Å²) < 4.78 is 29.3. The van der Waals surface area contributed by atoms with Crippen LogP contribution < -0.4 is 58.9 Å². The summed E-state index contributed by atoms with van der Waals surface area (Å²) in [6.45, 7) is 12.2. The lowest BCUT2D eigenvalue weighted by molar-refractivity contribution is -0.384. The number of hydrogen-bond acceptors (Lipinski definition) is 22. The maximum absolute atomic E-state index is 15.6. The average molecular weight is 1940 g/mol. The van der Waals surface area contributed by atoms with E-state index in [0.29, 0.717) is 70.4 Å². The maximum Gasteiger partial charge on any atom is 0.408 e. The zero-order valence-electron chi connectivity index (χ0n) is 80.8. The lowest BCUT2D eigenvalue weighted by Gasteiger charge is -2.30. The van der Waals surface area contributed by atoms with Gasteiger partial charge in [0.05, 0.1) is 50.7 Å². The van der Waals surface area contributed by atoms with E-state index in [0.717, 1.165) is 40.7 Å². The molecule has 32 nitrogen and oxygen atoms in total. The summed E-state index contributed by atoms with van der Waals surface area (Å²) >= 11 is 1.40. The minimum absolute atomic E-state index is 0.00422. The number of ether oxygens (including phenoxy) is 5. The van der Waals surface area contributed by atoms with Crippen molar-refractivity contribution in [2.24, 2.45) is 16.8 Å². The summed E-state index contributed by atoms with van der Waals surface area (Å²) in [4.78, 5) is 178. The second kappa shape index (κ2) is 58.2. The second-order valence-corrected chi connectivity index (χ2v) is 36.1. The van der Waals surface area contributed by atoms with Crippen molar-refractivity contribution in [1.29, 1.82) is 0 Å². The molecule has 0 spiro atoms. The number of rotatable bonds is 57. The molecule has 0 bridgehead atoms. The van der Waals surface area contributed by atoms with Crippen molar-refractivity contribution >= 4 is 88.4 Å². The molecular formula is C107H131N13O19S. The van der Waals surface area contributed by atoms with Gasteiger partial charge in [0.25, 0.3) is 5.69 Å². The Balaban J connectivity index is 0.963. The number of nitro benzene ring substituents is 1. The number of non-ortho nitro benzene ring substituents is 1. The van der Waals surface area contributed by atoms with Crippen LogP contribution in [0.4, 0.5) is 10.5 Å². The average Bonchev–Trinajstić information content (AvgIpc) is 0.824. The van der Waals surface area contributed by atoms with Crippen LogP contribution in [0.3, 0.4) is 0 Å². The fraction of sp³-hybridized carbons (Fsp3) is 0.383. The largest absolute Gasteiger partial charge is 0.444 e. The van der Waals surface area contributed by atoms with Crippen molar-refractivity contribution in [2.75, 3.05) is 58.1 Å². The van der Waals surface area contributed by atoms with E-state index in [1.54, 1.807) is 126 Å². The number of nitrogens with one attached hydrogen (secondary N) is 10. The van der Waals surface area contributed by atoms with Gasteiger partial charge in [-0.3, -0.25) is 53.3 Å². The van der Waals surface area contributed by atoms with Crippen LogP contribution in [0.15, 0.2) is 254 Å². The summed E-state index contributed by atoms with van der Waals surface area (Å²) in [6, 6.07) is 61.5. The van der Waals surface area contributed by atoms with Gasteiger partial charge in [0.15, 0.2) is 0 Å². The van der Waals surface area contributed by atoms with E-state index in [4.69, 9.17) is 34.3 Å². The van der Waals surface area contributed by atoms with Crippen LogP contribution in [-0.2, 0) is 135 Å². The molecule has 0 aliphatic rings. The molecule has 0 radical (unpaired) electrons. The Morgan fingerprint density at radius 3 is 1.34 bits per heavy atom. The smallest absolute Gasteiger partial charge is 0.408 e. The first-order chi connectivity index (χ1) is 67.4. The molecule has 744 valence electrons. The molecule has 33 heteroatoms. The van der Waals surface area contributed by atoms with Crippen LogP contribution in [0, 0.1) is 23.0 Å². The van der Waals surface area contributed by atoms with E-state index < -0.39 is 162 Å². The van der Waals surface area contributed by atoms with Gasteiger partial charge in [-0.15, -0.1) is 0 Å². The topological polar surface area (TPSA) is 445 Å². The summed E-state index contributed by atoms with van der Waals surface area (Å²) in [6.07, 6.45) is 3.00. The Morgan fingerprint density at radius 2 is 0.843 bits per heavy atom. The number of nitrogens with zero attached hydrogens (tertiary/aromatic N) is 2. The number of benzene rings is 9. The van der Waals surface area contributed by atoms with Crippen LogP contribution in [-0.4, -0.2) is 200 Å². The van der Waals surface area contributed by atoms with Crippen molar-refractivity contribution in [2.45, 2.75) is 199 Å². The molecule has 0 aliphatic carbocycles. The van der Waals surface area contributed by atoms with Gasteiger partial charge >= 0.3 is 12.1 Å². The Morgan fingerprint density at radius 1 is 0.429 bits per heavy atom. The molecule has 11 atom stereocenters. The van der Waals surface area contributed by atoms with Crippen LogP contribution in [0.25, 0.3) is 0 Å². The lowest BCUT2D eigenvalue weighted by Crippen LogP contribution is -2.63. The molecule has 140 heavy (non-hydrogen) atoms.